The van der Waals surface area contributed by atoms with Crippen LogP contribution in [-0.2, 0) is 4.79 Å². The molecule has 0 aliphatic heterocycles. The van der Waals surface area contributed by atoms with E-state index in [-0.39, 0.29) is 0 Å². The second kappa shape index (κ2) is 3.96. The van der Waals surface area contributed by atoms with Crippen LogP contribution in [0.3, 0.4) is 0 Å². The molecule has 0 radical (unpaired) electrons. The van der Waals surface area contributed by atoms with Crippen molar-refractivity contribution in [2.24, 2.45) is 5.92 Å². The summed E-state index contributed by atoms with van der Waals surface area (Å²) in [6.07, 6.45) is 1.18. The van der Waals surface area contributed by atoms with Crippen LogP contribution in [0.4, 0.5) is 0 Å². The van der Waals surface area contributed by atoms with E-state index in [9.17, 15) is 4.79 Å². The number of carboxylic acid groups (broad SMARTS) is 1. The van der Waals surface area contributed by atoms with Crippen LogP contribution < -0.4 is 0 Å². The Hall–Kier alpha value is -1.05. The number of aliphatic carboxylic acids is 1. The lowest BCUT2D eigenvalue weighted by Crippen LogP contribution is -1.97. The summed E-state index contributed by atoms with van der Waals surface area (Å²) < 4.78 is 0. The van der Waals surface area contributed by atoms with Crippen LogP contribution in [0.2, 0.25) is 0 Å². The quantitative estimate of drug-likeness (QED) is 0.500. The van der Waals surface area contributed by atoms with Crippen molar-refractivity contribution in [2.45, 2.75) is 20.8 Å². The molecule has 62 valence electrons. The number of rotatable bonds is 3. The fourth-order valence-electron chi connectivity index (χ4n) is 0.733. The van der Waals surface area contributed by atoms with Crippen LogP contribution in [0.25, 0.3) is 0 Å². The Kier molecular flexibility index (Phi) is 3.58. The monoisotopic (exact) mass is 154 g/mol. The topological polar surface area (TPSA) is 37.3 Å². The zero-order valence-corrected chi connectivity index (χ0v) is 7.22. The van der Waals surface area contributed by atoms with E-state index < -0.39 is 5.97 Å². The van der Waals surface area contributed by atoms with E-state index >= 15 is 0 Å². The minimum atomic E-state index is -0.913. The maximum absolute atomic E-state index is 10.2. The largest absolute Gasteiger partial charge is 0.478 e. The number of hydrogen-bond acceptors (Lipinski definition) is 1. The highest BCUT2D eigenvalue weighted by Gasteiger charge is 2.03. The third kappa shape index (κ3) is 3.61. The van der Waals surface area contributed by atoms with Crippen molar-refractivity contribution in [3.8, 4) is 0 Å². The molecule has 2 nitrogen and oxygen atoms in total. The van der Waals surface area contributed by atoms with E-state index in [1.165, 1.54) is 6.08 Å². The SMILES string of the molecule is C=C(/C(C)=C/C(=O)O)C(C)C. The van der Waals surface area contributed by atoms with Gasteiger partial charge < -0.3 is 5.11 Å². The Bertz CT molecular complexity index is 200. The summed E-state index contributed by atoms with van der Waals surface area (Å²) in [7, 11) is 0. The zero-order chi connectivity index (χ0) is 9.02. The van der Waals surface area contributed by atoms with Crippen LogP contribution in [-0.4, -0.2) is 11.1 Å². The van der Waals surface area contributed by atoms with Crippen molar-refractivity contribution in [1.82, 2.24) is 0 Å². The smallest absolute Gasteiger partial charge is 0.328 e. The third-order valence-corrected chi connectivity index (χ3v) is 1.54. The molecule has 2 heteroatoms. The highest BCUT2D eigenvalue weighted by atomic mass is 16.4. The third-order valence-electron chi connectivity index (χ3n) is 1.54. The van der Waals surface area contributed by atoms with Gasteiger partial charge in [0.1, 0.15) is 0 Å². The average Bonchev–Trinajstić information content (AvgIpc) is 1.84. The summed E-state index contributed by atoms with van der Waals surface area (Å²) in [4.78, 5) is 10.2. The molecule has 0 bridgehead atoms. The molecule has 11 heavy (non-hydrogen) atoms. The lowest BCUT2D eigenvalue weighted by molar-refractivity contribution is -0.131. The first-order chi connectivity index (χ1) is 4.95. The highest BCUT2D eigenvalue weighted by Crippen LogP contribution is 2.15. The van der Waals surface area contributed by atoms with E-state index in [0.717, 1.165) is 11.1 Å². The summed E-state index contributed by atoms with van der Waals surface area (Å²) in [5.74, 6) is -0.602. The van der Waals surface area contributed by atoms with Crippen molar-refractivity contribution < 1.29 is 9.90 Å². The summed E-state index contributed by atoms with van der Waals surface area (Å²) in [6, 6.07) is 0. The number of hydrogen-bond donors (Lipinski definition) is 1. The fraction of sp³-hybridized carbons (Fsp3) is 0.444. The molecule has 0 aromatic rings. The van der Waals surface area contributed by atoms with Gasteiger partial charge in [0.2, 0.25) is 0 Å². The molecule has 0 rings (SSSR count). The molecule has 0 amide bonds. The summed E-state index contributed by atoms with van der Waals surface area (Å²) >= 11 is 0. The predicted molar refractivity (Wildman–Crippen MR) is 45.4 cm³/mol. The second-order valence-electron chi connectivity index (χ2n) is 2.85. The molecule has 0 heterocycles. The molecule has 0 atom stereocenters. The van der Waals surface area contributed by atoms with E-state index in [2.05, 4.69) is 6.58 Å². The van der Waals surface area contributed by atoms with Gasteiger partial charge in [-0.25, -0.2) is 4.79 Å². The number of carbonyl (C=O) groups is 1. The Morgan fingerprint density at radius 1 is 1.55 bits per heavy atom. The standard InChI is InChI=1S/C9H14O2/c1-6(2)8(4)7(3)5-9(10)11/h5-6H,4H2,1-3H3,(H,10,11)/b7-5+. The minimum absolute atomic E-state index is 0.311. The fourth-order valence-corrected chi connectivity index (χ4v) is 0.733. The van der Waals surface area contributed by atoms with Gasteiger partial charge in [-0.1, -0.05) is 20.4 Å². The molecule has 0 aliphatic carbocycles. The van der Waals surface area contributed by atoms with Crippen LogP contribution in [0, 0.1) is 5.92 Å². The second-order valence-corrected chi connectivity index (χ2v) is 2.85. The van der Waals surface area contributed by atoms with Gasteiger partial charge in [-0.3, -0.25) is 0 Å². The van der Waals surface area contributed by atoms with E-state index in [0.29, 0.717) is 5.92 Å². The number of allylic oxidation sites excluding steroid dienone is 2. The first-order valence-electron chi connectivity index (χ1n) is 3.55. The zero-order valence-electron chi connectivity index (χ0n) is 7.22. The van der Waals surface area contributed by atoms with Crippen molar-refractivity contribution in [3.05, 3.63) is 23.8 Å². The molecule has 0 aliphatic rings. The normalized spacial score (nSPS) is 11.8. The molecular weight excluding hydrogens is 140 g/mol. The van der Waals surface area contributed by atoms with Gasteiger partial charge >= 0.3 is 5.97 Å². The van der Waals surface area contributed by atoms with Gasteiger partial charge in [0.05, 0.1) is 0 Å². The molecule has 0 fully saturated rings. The van der Waals surface area contributed by atoms with Gasteiger partial charge in [-0.05, 0) is 24.0 Å². The van der Waals surface area contributed by atoms with Crippen LogP contribution in [0.15, 0.2) is 23.8 Å². The van der Waals surface area contributed by atoms with Gasteiger partial charge in [-0.15, -0.1) is 0 Å². The lowest BCUT2D eigenvalue weighted by atomic mass is 9.98. The highest BCUT2D eigenvalue weighted by molar-refractivity contribution is 5.81. The molecule has 0 aromatic carbocycles. The molecule has 0 unspecified atom stereocenters. The molecule has 1 N–H and O–H groups in total. The van der Waals surface area contributed by atoms with Crippen LogP contribution >= 0.6 is 0 Å². The lowest BCUT2D eigenvalue weighted by Gasteiger charge is -2.08. The first-order valence-corrected chi connectivity index (χ1v) is 3.55. The molecular formula is C9H14O2. The maximum atomic E-state index is 10.2. The predicted octanol–water partition coefficient (Wildman–Crippen LogP) is 2.23. The first kappa shape index (κ1) is 9.95. The van der Waals surface area contributed by atoms with Gasteiger partial charge in [0.25, 0.3) is 0 Å². The van der Waals surface area contributed by atoms with Gasteiger partial charge in [-0.2, -0.15) is 0 Å². The molecule has 0 saturated carbocycles. The van der Waals surface area contributed by atoms with Crippen molar-refractivity contribution in [2.75, 3.05) is 0 Å². The summed E-state index contributed by atoms with van der Waals surface area (Å²) in [5, 5.41) is 8.40. The van der Waals surface area contributed by atoms with Crippen molar-refractivity contribution in [3.63, 3.8) is 0 Å². The minimum Gasteiger partial charge on any atom is -0.478 e. The van der Waals surface area contributed by atoms with E-state index in [4.69, 9.17) is 5.11 Å². The Balaban J connectivity index is 4.36. The van der Waals surface area contributed by atoms with E-state index in [1.807, 2.05) is 13.8 Å². The Labute approximate surface area is 67.2 Å². The molecule has 0 saturated heterocycles. The van der Waals surface area contributed by atoms with Gasteiger partial charge in [0, 0.05) is 6.08 Å². The van der Waals surface area contributed by atoms with Crippen molar-refractivity contribution >= 4 is 5.97 Å². The summed E-state index contributed by atoms with van der Waals surface area (Å²) in [6.45, 7) is 9.51. The molecule has 0 spiro atoms. The van der Waals surface area contributed by atoms with Crippen LogP contribution in [0.5, 0.6) is 0 Å². The Morgan fingerprint density at radius 3 is 2.27 bits per heavy atom. The molecule has 0 aromatic heterocycles. The van der Waals surface area contributed by atoms with Crippen molar-refractivity contribution in [1.29, 1.82) is 0 Å². The van der Waals surface area contributed by atoms with Crippen LogP contribution in [0.1, 0.15) is 20.8 Å². The average molecular weight is 154 g/mol. The summed E-state index contributed by atoms with van der Waals surface area (Å²) in [5.41, 5.74) is 1.62. The Morgan fingerprint density at radius 2 is 2.00 bits per heavy atom. The van der Waals surface area contributed by atoms with Gasteiger partial charge in [0.15, 0.2) is 0 Å². The van der Waals surface area contributed by atoms with E-state index in [1.54, 1.807) is 6.92 Å². The number of carboxylic acids is 1. The maximum Gasteiger partial charge on any atom is 0.328 e.